The van der Waals surface area contributed by atoms with E-state index in [0.29, 0.717) is 22.7 Å². The van der Waals surface area contributed by atoms with Gasteiger partial charge in [-0.15, -0.1) is 0 Å². The zero-order valence-electron chi connectivity index (χ0n) is 19.4. The predicted molar refractivity (Wildman–Crippen MR) is 146 cm³/mol. The van der Waals surface area contributed by atoms with Gasteiger partial charge in [-0.1, -0.05) is 67.1 Å². The molecule has 0 radical (unpaired) electrons. The Morgan fingerprint density at radius 2 is 1.76 bits per heavy atom. The van der Waals surface area contributed by atoms with Crippen molar-refractivity contribution in [3.8, 4) is 5.75 Å². The molecule has 0 spiro atoms. The summed E-state index contributed by atoms with van der Waals surface area (Å²) in [5.41, 5.74) is 4.17. The first-order valence-electron chi connectivity index (χ1n) is 11.8. The largest absolute Gasteiger partial charge is 0.495 e. The number of nitrogens with zero attached hydrogens (tertiary/aromatic N) is 1. The molecule has 1 fully saturated rings. The van der Waals surface area contributed by atoms with E-state index in [9.17, 15) is 0 Å². The van der Waals surface area contributed by atoms with Crippen molar-refractivity contribution in [2.24, 2.45) is 0 Å². The van der Waals surface area contributed by atoms with Crippen LogP contribution in [-0.2, 0) is 13.0 Å². The van der Waals surface area contributed by atoms with Gasteiger partial charge in [0.1, 0.15) is 5.75 Å². The first-order valence-corrected chi connectivity index (χ1v) is 13.0. The monoisotopic (exact) mass is 515 g/mol. The summed E-state index contributed by atoms with van der Waals surface area (Å²) in [7, 11) is 1.65. The molecule has 2 aromatic carbocycles. The maximum Gasteiger partial charge on any atom is 0.174 e. The van der Waals surface area contributed by atoms with Crippen molar-refractivity contribution >= 4 is 46.2 Å². The highest BCUT2D eigenvalue weighted by atomic mass is 35.5. The zero-order chi connectivity index (χ0) is 23.9. The molecule has 0 aliphatic heterocycles. The van der Waals surface area contributed by atoms with E-state index in [1.165, 1.54) is 25.7 Å². The van der Waals surface area contributed by atoms with Crippen LogP contribution in [0.25, 0.3) is 0 Å². The molecule has 3 aromatic rings. The lowest BCUT2D eigenvalue weighted by atomic mass is 10.1. The van der Waals surface area contributed by atoms with Crippen LogP contribution in [0.3, 0.4) is 0 Å². The van der Waals surface area contributed by atoms with Crippen molar-refractivity contribution in [2.45, 2.75) is 57.5 Å². The average Bonchev–Trinajstić information content (AvgIpc) is 3.09. The molecule has 1 aliphatic carbocycles. The van der Waals surface area contributed by atoms with E-state index in [1.54, 1.807) is 7.11 Å². The third kappa shape index (κ3) is 6.47. The Morgan fingerprint density at radius 1 is 1.03 bits per heavy atom. The van der Waals surface area contributed by atoms with Gasteiger partial charge in [0, 0.05) is 33.9 Å². The normalized spacial score (nSPS) is 14.4. The first-order chi connectivity index (χ1) is 16.5. The number of methoxy groups -OCH3 is 1. The van der Waals surface area contributed by atoms with Crippen LogP contribution in [0, 0.1) is 0 Å². The maximum absolute atomic E-state index is 6.37. The molecule has 180 valence electrons. The summed E-state index contributed by atoms with van der Waals surface area (Å²) >= 11 is 18.6. The summed E-state index contributed by atoms with van der Waals surface area (Å²) in [4.78, 5) is 5.92. The van der Waals surface area contributed by atoms with Crippen molar-refractivity contribution in [3.63, 3.8) is 0 Å². The van der Waals surface area contributed by atoms with E-state index >= 15 is 0 Å². The van der Waals surface area contributed by atoms with Crippen LogP contribution in [0.2, 0.25) is 10.0 Å². The quantitative estimate of drug-likeness (QED) is 0.248. The van der Waals surface area contributed by atoms with E-state index < -0.39 is 0 Å². The number of halogens is 2. The minimum atomic E-state index is 0.392. The van der Waals surface area contributed by atoms with Crippen LogP contribution < -0.4 is 10.1 Å². The van der Waals surface area contributed by atoms with Crippen molar-refractivity contribution in [2.75, 3.05) is 12.4 Å². The zero-order valence-corrected chi connectivity index (χ0v) is 21.8. The first kappa shape index (κ1) is 24.9. The molecule has 1 aromatic heterocycles. The van der Waals surface area contributed by atoms with Crippen molar-refractivity contribution in [1.29, 1.82) is 0 Å². The maximum atomic E-state index is 6.37. The third-order valence-electron chi connectivity index (χ3n) is 6.42. The fraction of sp³-hybridized carbons (Fsp3) is 0.370. The molecular weight excluding hydrogens is 485 g/mol. The molecule has 1 saturated carbocycles. The number of thiocarbonyl (C=S) groups is 1. The number of hydrogen-bond acceptors (Lipinski definition) is 2. The standard InChI is InChI=1S/C27H31Cl2N3OS/c1-33-26-15-12-20(28)17-25(26)31-27(34)32(23-9-4-2-3-5-10-23)18-22-14-13-21(30-22)16-19-8-6-7-11-24(19)29/h6-8,11-15,17,23,30H,2-5,9-10,16,18H2,1H3,(H,31,34). The summed E-state index contributed by atoms with van der Waals surface area (Å²) < 4.78 is 5.52. The van der Waals surface area contributed by atoms with Crippen LogP contribution in [0.15, 0.2) is 54.6 Å². The highest BCUT2D eigenvalue weighted by molar-refractivity contribution is 7.80. The van der Waals surface area contributed by atoms with Crippen LogP contribution in [0.4, 0.5) is 5.69 Å². The van der Waals surface area contributed by atoms with Crippen molar-refractivity contribution < 1.29 is 4.74 Å². The number of nitrogens with one attached hydrogen (secondary N) is 2. The molecule has 4 rings (SSSR count). The van der Waals surface area contributed by atoms with E-state index in [-0.39, 0.29) is 0 Å². The van der Waals surface area contributed by atoms with Gasteiger partial charge in [-0.05, 0) is 67.0 Å². The van der Waals surface area contributed by atoms with Gasteiger partial charge in [0.05, 0.1) is 19.3 Å². The molecule has 0 unspecified atom stereocenters. The Hall–Kier alpha value is -2.21. The van der Waals surface area contributed by atoms with E-state index in [2.05, 4.69) is 33.4 Å². The second-order valence-electron chi connectivity index (χ2n) is 8.83. The molecule has 34 heavy (non-hydrogen) atoms. The second-order valence-corrected chi connectivity index (χ2v) is 10.1. The topological polar surface area (TPSA) is 40.3 Å². The molecule has 4 nitrogen and oxygen atoms in total. The number of H-pyrrole nitrogens is 1. The molecule has 1 aliphatic rings. The lowest BCUT2D eigenvalue weighted by Gasteiger charge is -2.33. The average molecular weight is 517 g/mol. The van der Waals surface area contributed by atoms with Gasteiger partial charge >= 0.3 is 0 Å². The van der Waals surface area contributed by atoms with Crippen LogP contribution >= 0.6 is 35.4 Å². The minimum Gasteiger partial charge on any atom is -0.495 e. The van der Waals surface area contributed by atoms with Gasteiger partial charge in [0.15, 0.2) is 5.11 Å². The molecule has 0 amide bonds. The van der Waals surface area contributed by atoms with Gasteiger partial charge < -0.3 is 19.9 Å². The van der Waals surface area contributed by atoms with Crippen molar-refractivity contribution in [3.05, 3.63) is 81.6 Å². The summed E-state index contributed by atoms with van der Waals surface area (Å²) in [6.45, 7) is 0.710. The fourth-order valence-electron chi connectivity index (χ4n) is 4.62. The van der Waals surface area contributed by atoms with Crippen LogP contribution in [-0.4, -0.2) is 28.1 Å². The molecule has 1 heterocycles. The fourth-order valence-corrected chi connectivity index (χ4v) is 5.32. The third-order valence-corrected chi connectivity index (χ3v) is 7.36. The van der Waals surface area contributed by atoms with Gasteiger partial charge in [-0.2, -0.15) is 0 Å². The highest BCUT2D eigenvalue weighted by Gasteiger charge is 2.24. The van der Waals surface area contributed by atoms with E-state index in [1.807, 2.05) is 36.4 Å². The van der Waals surface area contributed by atoms with E-state index in [0.717, 1.165) is 52.7 Å². The summed E-state index contributed by atoms with van der Waals surface area (Å²) in [5, 5.41) is 5.53. The Labute approximate surface area is 217 Å². The SMILES string of the molecule is COc1ccc(Cl)cc1NC(=S)N(Cc1ccc(Cc2ccccc2Cl)[nH]1)C1CCCCCC1. The lowest BCUT2D eigenvalue weighted by molar-refractivity contribution is 0.278. The van der Waals surface area contributed by atoms with Crippen LogP contribution in [0.1, 0.15) is 55.5 Å². The number of hydrogen-bond donors (Lipinski definition) is 2. The molecule has 0 bridgehead atoms. The predicted octanol–water partition coefficient (Wildman–Crippen LogP) is 7.84. The number of anilines is 1. The molecule has 0 atom stereocenters. The number of aromatic amines is 1. The highest BCUT2D eigenvalue weighted by Crippen LogP contribution is 2.30. The van der Waals surface area contributed by atoms with Gasteiger partial charge in [0.2, 0.25) is 0 Å². The Balaban J connectivity index is 1.53. The Morgan fingerprint density at radius 3 is 2.50 bits per heavy atom. The summed E-state index contributed by atoms with van der Waals surface area (Å²) in [5.74, 6) is 0.717. The van der Waals surface area contributed by atoms with Gasteiger partial charge in [0.25, 0.3) is 0 Å². The molecule has 2 N–H and O–H groups in total. The Kier molecular flexibility index (Phi) is 8.76. The van der Waals surface area contributed by atoms with Gasteiger partial charge in [-0.3, -0.25) is 0 Å². The Bertz CT molecular complexity index is 1110. The minimum absolute atomic E-state index is 0.392. The van der Waals surface area contributed by atoms with Gasteiger partial charge in [-0.25, -0.2) is 0 Å². The van der Waals surface area contributed by atoms with E-state index in [4.69, 9.17) is 40.2 Å². The summed E-state index contributed by atoms with van der Waals surface area (Å²) in [6.07, 6.45) is 8.09. The molecule has 0 saturated heterocycles. The lowest BCUT2D eigenvalue weighted by Crippen LogP contribution is -2.42. The number of ether oxygens (including phenoxy) is 1. The molecule has 7 heteroatoms. The van der Waals surface area contributed by atoms with Crippen LogP contribution in [0.5, 0.6) is 5.75 Å². The number of benzene rings is 2. The van der Waals surface area contributed by atoms with Crippen molar-refractivity contribution in [1.82, 2.24) is 9.88 Å². The molecular formula is C27H31Cl2N3OS. The smallest absolute Gasteiger partial charge is 0.174 e. The summed E-state index contributed by atoms with van der Waals surface area (Å²) in [6, 6.07) is 18.2. The number of aromatic nitrogens is 1. The number of rotatable bonds is 7. The second kappa shape index (κ2) is 12.0.